The Kier molecular flexibility index (Phi) is 8.46. The van der Waals surface area contributed by atoms with E-state index < -0.39 is 0 Å². The molecule has 0 unspecified atom stereocenters. The second-order valence-electron chi connectivity index (χ2n) is 19.3. The van der Waals surface area contributed by atoms with Gasteiger partial charge in [0.15, 0.2) is 0 Å². The smallest absolute Gasteiger partial charge is 0.143 e. The Morgan fingerprint density at radius 2 is 0.957 bits per heavy atom. The van der Waals surface area contributed by atoms with Gasteiger partial charge in [-0.3, -0.25) is 0 Å². The van der Waals surface area contributed by atoms with E-state index in [2.05, 4.69) is 231 Å². The zero-order valence-electron chi connectivity index (χ0n) is 38.6. The minimum atomic E-state index is 0.436. The van der Waals surface area contributed by atoms with Crippen molar-refractivity contribution in [2.75, 3.05) is 4.90 Å². The molecule has 0 N–H and O–H groups in total. The third-order valence-corrected chi connectivity index (χ3v) is 16.3. The van der Waals surface area contributed by atoms with Crippen LogP contribution in [0.1, 0.15) is 25.3 Å². The highest BCUT2D eigenvalue weighted by Gasteiger charge is 2.22. The van der Waals surface area contributed by atoms with E-state index in [1.807, 2.05) is 17.4 Å². The first-order chi connectivity index (χ1) is 34.5. The van der Waals surface area contributed by atoms with Crippen LogP contribution in [-0.2, 0) is 0 Å². The average Bonchev–Trinajstić information content (AvgIpc) is 3.99. The molecule has 0 fully saturated rings. The summed E-state index contributed by atoms with van der Waals surface area (Å²) >= 11 is 1.89. The van der Waals surface area contributed by atoms with E-state index in [-0.39, 0.29) is 0 Å². The molecule has 0 radical (unpaired) electrons. The Morgan fingerprint density at radius 3 is 1.74 bits per heavy atom. The number of anilines is 3. The number of benzene rings is 13. The lowest BCUT2D eigenvalue weighted by Crippen LogP contribution is -2.11. The van der Waals surface area contributed by atoms with Crippen LogP contribution in [0.25, 0.3) is 129 Å². The highest BCUT2D eigenvalue weighted by atomic mass is 32.1. The van der Waals surface area contributed by atoms with Gasteiger partial charge in [-0.1, -0.05) is 172 Å². The molecule has 0 saturated carbocycles. The van der Waals surface area contributed by atoms with Crippen molar-refractivity contribution in [3.05, 3.63) is 224 Å². The number of fused-ring (bicyclic) bond motifs is 12. The molecule has 3 heteroatoms. The zero-order valence-corrected chi connectivity index (χ0v) is 39.4. The van der Waals surface area contributed by atoms with Gasteiger partial charge in [-0.2, -0.15) is 0 Å². The standard InChI is InChI=1S/C67H43NOS/c1-39(2)40-18-27-45(28-19-40)68(46-29-20-41(21-30-46)48-14-9-15-55-52-12-5-7-16-62(52)69-67(48)55)61-35-26-43-23-33-54-47(31-22-42-24-34-56(61)66(43)65(42)54)44-25-32-51-57(36-44)49-10-3-4-11-50(49)58-37-60-53-13-6-8-17-63(53)70-64(60)38-59(51)58/h3-39H,1-2H3. The summed E-state index contributed by atoms with van der Waals surface area (Å²) < 4.78 is 9.16. The normalized spacial score (nSPS) is 12.3. The molecule has 0 atom stereocenters. The lowest BCUT2D eigenvalue weighted by atomic mass is 9.87. The van der Waals surface area contributed by atoms with Gasteiger partial charge in [0, 0.05) is 53.3 Å². The van der Waals surface area contributed by atoms with E-state index in [1.165, 1.54) is 101 Å². The number of hydrogen-bond acceptors (Lipinski definition) is 3. The van der Waals surface area contributed by atoms with Crippen molar-refractivity contribution >= 4 is 135 Å². The fraction of sp³-hybridized carbons (Fsp3) is 0.0448. The van der Waals surface area contributed by atoms with E-state index in [0.717, 1.165) is 50.1 Å². The molecular weight excluding hydrogens is 867 g/mol. The first-order valence-corrected chi connectivity index (χ1v) is 25.2. The van der Waals surface area contributed by atoms with E-state index in [1.54, 1.807) is 0 Å². The Labute approximate surface area is 408 Å². The molecule has 2 nitrogen and oxygen atoms in total. The molecule has 2 heterocycles. The van der Waals surface area contributed by atoms with Gasteiger partial charge in [0.25, 0.3) is 0 Å². The Bertz CT molecular complexity index is 4610. The molecule has 328 valence electrons. The van der Waals surface area contributed by atoms with Gasteiger partial charge in [0.05, 0.1) is 5.69 Å². The number of nitrogens with zero attached hydrogens (tertiary/aromatic N) is 1. The van der Waals surface area contributed by atoms with E-state index in [0.29, 0.717) is 5.92 Å². The Morgan fingerprint density at radius 1 is 0.371 bits per heavy atom. The lowest BCUT2D eigenvalue weighted by Gasteiger charge is -2.28. The molecule has 15 rings (SSSR count). The lowest BCUT2D eigenvalue weighted by molar-refractivity contribution is 0.670. The maximum absolute atomic E-state index is 6.49. The van der Waals surface area contributed by atoms with Crippen molar-refractivity contribution < 1.29 is 4.42 Å². The van der Waals surface area contributed by atoms with Crippen molar-refractivity contribution in [1.29, 1.82) is 0 Å². The van der Waals surface area contributed by atoms with Gasteiger partial charge in [0.2, 0.25) is 0 Å². The Hall–Kier alpha value is -8.50. The summed E-state index contributed by atoms with van der Waals surface area (Å²) in [5.74, 6) is 0.436. The highest BCUT2D eigenvalue weighted by Crippen LogP contribution is 2.48. The molecule has 0 aliphatic rings. The van der Waals surface area contributed by atoms with Gasteiger partial charge >= 0.3 is 0 Å². The number of rotatable bonds is 6. The van der Waals surface area contributed by atoms with E-state index in [9.17, 15) is 0 Å². The van der Waals surface area contributed by atoms with E-state index >= 15 is 0 Å². The zero-order chi connectivity index (χ0) is 46.2. The predicted molar refractivity (Wildman–Crippen MR) is 302 cm³/mol. The molecule has 13 aromatic carbocycles. The number of hydrogen-bond donors (Lipinski definition) is 0. The maximum Gasteiger partial charge on any atom is 0.143 e. The van der Waals surface area contributed by atoms with Crippen LogP contribution < -0.4 is 4.90 Å². The van der Waals surface area contributed by atoms with Crippen LogP contribution in [0.4, 0.5) is 17.1 Å². The molecule has 0 bridgehead atoms. The number of para-hydroxylation sites is 2. The fourth-order valence-corrected chi connectivity index (χ4v) is 12.9. The summed E-state index contributed by atoms with van der Waals surface area (Å²) in [6.07, 6.45) is 0. The Balaban J connectivity index is 0.900. The predicted octanol–water partition coefficient (Wildman–Crippen LogP) is 20.2. The van der Waals surface area contributed by atoms with Gasteiger partial charge in [-0.15, -0.1) is 11.3 Å². The molecule has 0 amide bonds. The van der Waals surface area contributed by atoms with Crippen LogP contribution in [0.2, 0.25) is 0 Å². The van der Waals surface area contributed by atoms with Gasteiger partial charge in [-0.25, -0.2) is 0 Å². The largest absolute Gasteiger partial charge is 0.455 e. The van der Waals surface area contributed by atoms with Gasteiger partial charge in [0.1, 0.15) is 11.2 Å². The molecule has 0 aliphatic carbocycles. The average molecular weight is 910 g/mol. The van der Waals surface area contributed by atoms with Crippen LogP contribution in [0.3, 0.4) is 0 Å². The van der Waals surface area contributed by atoms with Crippen molar-refractivity contribution in [3.63, 3.8) is 0 Å². The molecule has 15 aromatic rings. The summed E-state index contributed by atoms with van der Waals surface area (Å²) in [4.78, 5) is 2.44. The van der Waals surface area contributed by atoms with Crippen LogP contribution >= 0.6 is 11.3 Å². The second-order valence-corrected chi connectivity index (χ2v) is 20.4. The van der Waals surface area contributed by atoms with Crippen LogP contribution in [0.15, 0.2) is 223 Å². The van der Waals surface area contributed by atoms with E-state index in [4.69, 9.17) is 4.42 Å². The fourth-order valence-electron chi connectivity index (χ4n) is 11.8. The molecule has 70 heavy (non-hydrogen) atoms. The first kappa shape index (κ1) is 39.5. The third-order valence-electron chi connectivity index (χ3n) is 15.2. The summed E-state index contributed by atoms with van der Waals surface area (Å²) in [6, 6.07) is 81.4. The second kappa shape index (κ2) is 15.0. The van der Waals surface area contributed by atoms with Crippen LogP contribution in [-0.4, -0.2) is 0 Å². The van der Waals surface area contributed by atoms with Crippen molar-refractivity contribution in [2.24, 2.45) is 0 Å². The van der Waals surface area contributed by atoms with Crippen LogP contribution in [0, 0.1) is 0 Å². The van der Waals surface area contributed by atoms with Gasteiger partial charge < -0.3 is 9.32 Å². The summed E-state index contributed by atoms with van der Waals surface area (Å²) in [5, 5.41) is 20.3. The molecule has 0 saturated heterocycles. The molecule has 2 aromatic heterocycles. The minimum Gasteiger partial charge on any atom is -0.455 e. The van der Waals surface area contributed by atoms with Crippen molar-refractivity contribution in [3.8, 4) is 22.3 Å². The topological polar surface area (TPSA) is 16.4 Å². The first-order valence-electron chi connectivity index (χ1n) is 24.3. The summed E-state index contributed by atoms with van der Waals surface area (Å²) in [6.45, 7) is 4.52. The minimum absolute atomic E-state index is 0.436. The molecular formula is C67H43NOS. The summed E-state index contributed by atoms with van der Waals surface area (Å²) in [7, 11) is 0. The highest BCUT2D eigenvalue weighted by molar-refractivity contribution is 7.25. The SMILES string of the molecule is CC(C)c1ccc(N(c2ccc(-c3cccc4c3oc3ccccc34)cc2)c2ccc3ccc4c(-c5ccc6c(c5)c5ccccc5c5cc7c(cc65)sc5ccccc57)ccc5ccc2c3c54)cc1. The maximum atomic E-state index is 6.49. The van der Waals surface area contributed by atoms with Gasteiger partial charge in [-0.05, 0) is 148 Å². The number of thiophene rings is 1. The quantitative estimate of drug-likeness (QED) is 0.155. The van der Waals surface area contributed by atoms with Crippen LogP contribution in [0.5, 0.6) is 0 Å². The summed E-state index contributed by atoms with van der Waals surface area (Å²) in [5.41, 5.74) is 11.2. The molecule has 0 aliphatic heterocycles. The van der Waals surface area contributed by atoms with Crippen molar-refractivity contribution in [1.82, 2.24) is 0 Å². The third kappa shape index (κ3) is 5.79. The van der Waals surface area contributed by atoms with Crippen molar-refractivity contribution in [2.45, 2.75) is 19.8 Å². The monoisotopic (exact) mass is 909 g/mol. The molecule has 0 spiro atoms. The number of furan rings is 1.